The number of rotatable bonds is 5. The van der Waals surface area contributed by atoms with Crippen LogP contribution in [0.3, 0.4) is 0 Å². The molecule has 0 aliphatic rings. The average Bonchev–Trinajstić information content (AvgIpc) is 3.11. The number of imidazole rings is 1. The van der Waals surface area contributed by atoms with Crippen molar-refractivity contribution in [3.8, 4) is 0 Å². The van der Waals surface area contributed by atoms with Gasteiger partial charge >= 0.3 is 12.5 Å². The number of aromatic nitrogens is 4. The lowest BCUT2D eigenvalue weighted by Crippen LogP contribution is -2.26. The predicted molar refractivity (Wildman–Crippen MR) is 102 cm³/mol. The molecule has 0 N–H and O–H groups in total. The summed E-state index contributed by atoms with van der Waals surface area (Å²) in [6.45, 7) is -1.30. The Morgan fingerprint density at radius 1 is 1.10 bits per heavy atom. The number of para-hydroxylation sites is 2. The number of hydrogen-bond acceptors (Lipinski definition) is 5. The Labute approximate surface area is 163 Å². The Morgan fingerprint density at radius 2 is 1.79 bits per heavy atom. The van der Waals surface area contributed by atoms with Gasteiger partial charge in [-0.3, -0.25) is 9.36 Å². The van der Waals surface area contributed by atoms with E-state index in [2.05, 4.69) is 10.1 Å². The van der Waals surface area contributed by atoms with Crippen molar-refractivity contribution in [2.45, 2.75) is 26.6 Å². The SMILES string of the molecule is CCn1nc(C(=O)OCc2nc3ccccc3n2C(F)F)c2ccccc2c1=O. The number of nitrogens with zero attached hydrogens (tertiary/aromatic N) is 4. The zero-order chi connectivity index (χ0) is 20.5. The largest absolute Gasteiger partial charge is 0.453 e. The van der Waals surface area contributed by atoms with Crippen LogP contribution < -0.4 is 5.56 Å². The molecule has 0 saturated heterocycles. The number of alkyl halides is 2. The predicted octanol–water partition coefficient (Wildman–Crippen LogP) is 3.52. The van der Waals surface area contributed by atoms with Gasteiger partial charge in [0.15, 0.2) is 11.5 Å². The highest BCUT2D eigenvalue weighted by atomic mass is 19.3. The Morgan fingerprint density at radius 3 is 2.52 bits per heavy atom. The molecule has 0 atom stereocenters. The molecule has 2 heterocycles. The van der Waals surface area contributed by atoms with Gasteiger partial charge in [-0.25, -0.2) is 14.5 Å². The summed E-state index contributed by atoms with van der Waals surface area (Å²) < 4.78 is 34.2. The van der Waals surface area contributed by atoms with Crippen LogP contribution in [0.1, 0.15) is 29.8 Å². The number of carbonyl (C=O) groups is 1. The second-order valence-corrected chi connectivity index (χ2v) is 6.26. The summed E-state index contributed by atoms with van der Waals surface area (Å²) in [5, 5.41) is 4.76. The molecule has 0 aliphatic heterocycles. The van der Waals surface area contributed by atoms with Crippen molar-refractivity contribution in [2.24, 2.45) is 0 Å². The number of halogens is 2. The zero-order valence-electron chi connectivity index (χ0n) is 15.4. The molecule has 0 radical (unpaired) electrons. The van der Waals surface area contributed by atoms with Crippen molar-refractivity contribution in [3.63, 3.8) is 0 Å². The molecule has 0 spiro atoms. The third-order valence-corrected chi connectivity index (χ3v) is 4.56. The quantitative estimate of drug-likeness (QED) is 0.481. The Hall–Kier alpha value is -3.62. The van der Waals surface area contributed by atoms with Crippen LogP contribution in [-0.2, 0) is 17.9 Å². The molecule has 2 aromatic carbocycles. The van der Waals surface area contributed by atoms with Gasteiger partial charge in [-0.05, 0) is 25.1 Å². The Kier molecular flexibility index (Phi) is 4.79. The van der Waals surface area contributed by atoms with Crippen molar-refractivity contribution in [1.29, 1.82) is 0 Å². The number of benzene rings is 2. The minimum atomic E-state index is -2.84. The minimum Gasteiger partial charge on any atom is -0.453 e. The van der Waals surface area contributed by atoms with E-state index in [-0.39, 0.29) is 29.1 Å². The van der Waals surface area contributed by atoms with Gasteiger partial charge in [0.05, 0.1) is 16.4 Å². The lowest BCUT2D eigenvalue weighted by molar-refractivity contribution is 0.0381. The van der Waals surface area contributed by atoms with Crippen molar-refractivity contribution < 1.29 is 18.3 Å². The first-order chi connectivity index (χ1) is 14.0. The molecule has 0 fully saturated rings. The molecule has 0 amide bonds. The van der Waals surface area contributed by atoms with Crippen molar-refractivity contribution in [3.05, 3.63) is 70.4 Å². The van der Waals surface area contributed by atoms with Gasteiger partial charge in [-0.15, -0.1) is 0 Å². The topological polar surface area (TPSA) is 79.0 Å². The highest BCUT2D eigenvalue weighted by Gasteiger charge is 2.21. The van der Waals surface area contributed by atoms with E-state index in [0.717, 1.165) is 9.25 Å². The fraction of sp³-hybridized carbons (Fsp3) is 0.200. The zero-order valence-corrected chi connectivity index (χ0v) is 15.4. The maximum Gasteiger partial charge on any atom is 0.359 e. The Balaban J connectivity index is 1.70. The van der Waals surface area contributed by atoms with E-state index in [1.807, 2.05) is 0 Å². The van der Waals surface area contributed by atoms with E-state index in [1.165, 1.54) is 6.07 Å². The summed E-state index contributed by atoms with van der Waals surface area (Å²) in [5.41, 5.74) is 0.250. The van der Waals surface area contributed by atoms with Crippen molar-refractivity contribution in [1.82, 2.24) is 19.3 Å². The maximum atomic E-state index is 13.5. The summed E-state index contributed by atoms with van der Waals surface area (Å²) in [7, 11) is 0. The summed E-state index contributed by atoms with van der Waals surface area (Å²) in [5.74, 6) is -0.904. The molecule has 7 nitrogen and oxygen atoms in total. The monoisotopic (exact) mass is 398 g/mol. The van der Waals surface area contributed by atoms with Gasteiger partial charge in [0.1, 0.15) is 6.61 Å². The lowest BCUT2D eigenvalue weighted by atomic mass is 10.1. The first kappa shape index (κ1) is 18.7. The number of fused-ring (bicyclic) bond motifs is 2. The molecule has 148 valence electrons. The molecule has 9 heteroatoms. The smallest absolute Gasteiger partial charge is 0.359 e. The number of carbonyl (C=O) groups excluding carboxylic acids is 1. The van der Waals surface area contributed by atoms with Gasteiger partial charge in [0.25, 0.3) is 5.56 Å². The molecule has 29 heavy (non-hydrogen) atoms. The third kappa shape index (κ3) is 3.24. The average molecular weight is 398 g/mol. The molecule has 2 aromatic heterocycles. The van der Waals surface area contributed by atoms with E-state index in [0.29, 0.717) is 16.3 Å². The lowest BCUT2D eigenvalue weighted by Gasteiger charge is -2.11. The second-order valence-electron chi connectivity index (χ2n) is 6.26. The summed E-state index contributed by atoms with van der Waals surface area (Å²) in [6.07, 6.45) is 0. The van der Waals surface area contributed by atoms with Crippen molar-refractivity contribution >= 4 is 27.8 Å². The van der Waals surface area contributed by atoms with Crippen LogP contribution in [0.5, 0.6) is 0 Å². The fourth-order valence-electron chi connectivity index (χ4n) is 3.21. The van der Waals surface area contributed by atoms with Crippen LogP contribution in [0, 0.1) is 0 Å². The molecule has 0 bridgehead atoms. The number of hydrogen-bond donors (Lipinski definition) is 0. The number of esters is 1. The van der Waals surface area contributed by atoms with Crippen LogP contribution in [0.15, 0.2) is 53.3 Å². The van der Waals surface area contributed by atoms with Crippen LogP contribution in [0.25, 0.3) is 21.8 Å². The molecular formula is C20H16F2N4O3. The van der Waals surface area contributed by atoms with Crippen LogP contribution >= 0.6 is 0 Å². The van der Waals surface area contributed by atoms with Gasteiger partial charge in [-0.2, -0.15) is 13.9 Å². The normalized spacial score (nSPS) is 11.4. The van der Waals surface area contributed by atoms with Crippen LogP contribution in [0.2, 0.25) is 0 Å². The number of aryl methyl sites for hydroxylation is 1. The summed E-state index contributed by atoms with van der Waals surface area (Å²) >= 11 is 0. The van der Waals surface area contributed by atoms with Crippen LogP contribution in [0.4, 0.5) is 8.78 Å². The standard InChI is InChI=1S/C20H16F2N4O3/c1-2-25-18(27)13-8-4-3-7-12(13)17(24-25)19(28)29-11-16-23-14-9-5-6-10-15(14)26(16)20(21)22/h3-10,20H,2,11H2,1H3. The first-order valence-electron chi connectivity index (χ1n) is 8.92. The molecule has 0 aliphatic carbocycles. The van der Waals surface area contributed by atoms with Crippen LogP contribution in [-0.4, -0.2) is 25.3 Å². The molecule has 0 unspecified atom stereocenters. The molecule has 0 saturated carbocycles. The molecule has 4 aromatic rings. The minimum absolute atomic E-state index is 0.0539. The highest BCUT2D eigenvalue weighted by molar-refractivity contribution is 6.02. The number of ether oxygens (including phenoxy) is 1. The van der Waals surface area contributed by atoms with Gasteiger partial charge in [-0.1, -0.05) is 30.3 Å². The molecular weight excluding hydrogens is 382 g/mol. The first-order valence-corrected chi connectivity index (χ1v) is 8.92. The van der Waals surface area contributed by atoms with E-state index < -0.39 is 19.1 Å². The highest BCUT2D eigenvalue weighted by Crippen LogP contribution is 2.24. The van der Waals surface area contributed by atoms with E-state index in [1.54, 1.807) is 49.4 Å². The van der Waals surface area contributed by atoms with E-state index >= 15 is 0 Å². The van der Waals surface area contributed by atoms with Gasteiger partial charge < -0.3 is 4.74 Å². The van der Waals surface area contributed by atoms with Crippen molar-refractivity contribution in [2.75, 3.05) is 0 Å². The third-order valence-electron chi connectivity index (χ3n) is 4.56. The molecule has 4 rings (SSSR count). The second kappa shape index (κ2) is 7.42. The van der Waals surface area contributed by atoms with Gasteiger partial charge in [0, 0.05) is 11.9 Å². The summed E-state index contributed by atoms with van der Waals surface area (Å²) in [6, 6.07) is 13.0. The maximum absolute atomic E-state index is 13.5. The van der Waals surface area contributed by atoms with E-state index in [9.17, 15) is 18.4 Å². The van der Waals surface area contributed by atoms with Gasteiger partial charge in [0.2, 0.25) is 0 Å². The Bertz CT molecular complexity index is 1280. The fourth-order valence-corrected chi connectivity index (χ4v) is 3.21. The van der Waals surface area contributed by atoms with E-state index in [4.69, 9.17) is 4.74 Å². The summed E-state index contributed by atoms with van der Waals surface area (Å²) in [4.78, 5) is 29.2.